The number of halogens is 1. The number of ketones is 1. The minimum absolute atomic E-state index is 0.0913. The number of hydrogen-bond acceptors (Lipinski definition) is 4. The number of benzene rings is 3. The Morgan fingerprint density at radius 2 is 1.80 bits per heavy atom. The Kier molecular flexibility index (Phi) is 4.93. The first-order valence-corrected chi connectivity index (χ1v) is 10.6. The summed E-state index contributed by atoms with van der Waals surface area (Å²) >= 11 is 3.43. The predicted molar refractivity (Wildman–Crippen MR) is 119 cm³/mol. The first-order valence-electron chi connectivity index (χ1n) is 9.83. The maximum atomic E-state index is 12.9. The van der Waals surface area contributed by atoms with Gasteiger partial charge in [0.15, 0.2) is 5.76 Å². The summed E-state index contributed by atoms with van der Waals surface area (Å²) in [6, 6.07) is 20.0. The van der Waals surface area contributed by atoms with Gasteiger partial charge in [-0.25, -0.2) is 0 Å². The van der Waals surface area contributed by atoms with E-state index < -0.39 is 0 Å². The van der Waals surface area contributed by atoms with Crippen molar-refractivity contribution in [2.24, 2.45) is 0 Å². The fourth-order valence-electron chi connectivity index (χ4n) is 3.77. The first-order chi connectivity index (χ1) is 14.6. The SMILES string of the molecule is Cc1ccc(CN2COc3ccc4c(c3C2)O/C(=C\c2ccc(Br)cc2)C4=O)cc1. The van der Waals surface area contributed by atoms with Crippen molar-refractivity contribution in [3.8, 4) is 11.5 Å². The molecule has 0 atom stereocenters. The van der Waals surface area contributed by atoms with Crippen LogP contribution in [0, 0.1) is 6.92 Å². The number of ether oxygens (including phenoxy) is 2. The van der Waals surface area contributed by atoms with Crippen molar-refractivity contribution in [2.75, 3.05) is 6.73 Å². The Bertz CT molecular complexity index is 1150. The molecular formula is C25H20BrNO3. The molecule has 0 radical (unpaired) electrons. The lowest BCUT2D eigenvalue weighted by molar-refractivity contribution is 0.0873. The molecule has 2 aliphatic rings. The van der Waals surface area contributed by atoms with E-state index in [1.807, 2.05) is 30.3 Å². The molecule has 0 N–H and O–H groups in total. The number of nitrogens with zero attached hydrogens (tertiary/aromatic N) is 1. The largest absolute Gasteiger partial charge is 0.478 e. The van der Waals surface area contributed by atoms with E-state index in [1.165, 1.54) is 11.1 Å². The van der Waals surface area contributed by atoms with E-state index in [4.69, 9.17) is 9.47 Å². The van der Waals surface area contributed by atoms with E-state index in [0.29, 0.717) is 30.3 Å². The zero-order chi connectivity index (χ0) is 20.7. The Hall–Kier alpha value is -2.89. The lowest BCUT2D eigenvalue weighted by atomic mass is 10.0. The van der Waals surface area contributed by atoms with E-state index in [1.54, 1.807) is 12.1 Å². The third-order valence-corrected chi connectivity index (χ3v) is 5.91. The summed E-state index contributed by atoms with van der Waals surface area (Å²) in [5.41, 5.74) is 4.92. The maximum Gasteiger partial charge on any atom is 0.231 e. The van der Waals surface area contributed by atoms with Gasteiger partial charge in [-0.15, -0.1) is 0 Å². The molecule has 2 heterocycles. The van der Waals surface area contributed by atoms with Crippen molar-refractivity contribution in [2.45, 2.75) is 20.0 Å². The summed E-state index contributed by atoms with van der Waals surface area (Å²) in [4.78, 5) is 15.1. The summed E-state index contributed by atoms with van der Waals surface area (Å²) < 4.78 is 13.0. The van der Waals surface area contributed by atoms with Crippen LogP contribution in [0.1, 0.15) is 32.6 Å². The van der Waals surface area contributed by atoms with E-state index in [0.717, 1.165) is 27.9 Å². The van der Waals surface area contributed by atoms with Crippen LogP contribution in [-0.4, -0.2) is 17.4 Å². The quantitative estimate of drug-likeness (QED) is 0.467. The van der Waals surface area contributed by atoms with Crippen LogP contribution in [0.25, 0.3) is 6.08 Å². The van der Waals surface area contributed by atoms with Gasteiger partial charge in [0.1, 0.15) is 18.2 Å². The van der Waals surface area contributed by atoms with Crippen LogP contribution in [-0.2, 0) is 13.1 Å². The van der Waals surface area contributed by atoms with Crippen molar-refractivity contribution in [3.05, 3.63) is 98.7 Å². The van der Waals surface area contributed by atoms with E-state index in [9.17, 15) is 4.79 Å². The highest BCUT2D eigenvalue weighted by molar-refractivity contribution is 9.10. The van der Waals surface area contributed by atoms with Gasteiger partial charge in [0, 0.05) is 17.6 Å². The molecule has 0 saturated heterocycles. The third-order valence-electron chi connectivity index (χ3n) is 5.38. The molecule has 2 aliphatic heterocycles. The topological polar surface area (TPSA) is 38.8 Å². The standard InChI is InChI=1S/C25H20BrNO3/c1-16-2-4-18(5-3-16)13-27-14-21-22(29-15-27)11-10-20-24(28)23(30-25(20)21)12-17-6-8-19(26)9-7-17/h2-12H,13-15H2,1H3/b23-12-. The maximum absolute atomic E-state index is 12.9. The number of Topliss-reactive ketones (excluding diaryl/α,β-unsaturated/α-hetero) is 1. The highest BCUT2D eigenvalue weighted by atomic mass is 79.9. The van der Waals surface area contributed by atoms with Crippen LogP contribution >= 0.6 is 15.9 Å². The zero-order valence-corrected chi connectivity index (χ0v) is 18.1. The number of rotatable bonds is 3. The number of fused-ring (bicyclic) bond motifs is 3. The van der Waals surface area contributed by atoms with Crippen LogP contribution in [0.2, 0.25) is 0 Å². The molecule has 4 nitrogen and oxygen atoms in total. The van der Waals surface area contributed by atoms with Crippen LogP contribution in [0.15, 0.2) is 70.9 Å². The molecule has 0 aromatic heterocycles. The van der Waals surface area contributed by atoms with Gasteiger partial charge in [-0.05, 0) is 48.4 Å². The van der Waals surface area contributed by atoms with Gasteiger partial charge >= 0.3 is 0 Å². The summed E-state index contributed by atoms with van der Waals surface area (Å²) in [7, 11) is 0. The molecule has 150 valence electrons. The van der Waals surface area contributed by atoms with Crippen LogP contribution in [0.4, 0.5) is 0 Å². The molecule has 0 spiro atoms. The summed E-state index contributed by atoms with van der Waals surface area (Å²) in [6.45, 7) is 4.04. The number of hydrogen-bond donors (Lipinski definition) is 0. The second kappa shape index (κ2) is 7.74. The molecule has 0 fully saturated rings. The molecule has 0 saturated carbocycles. The smallest absolute Gasteiger partial charge is 0.231 e. The zero-order valence-electron chi connectivity index (χ0n) is 16.5. The minimum atomic E-state index is -0.0913. The summed E-state index contributed by atoms with van der Waals surface area (Å²) in [5.74, 6) is 1.66. The van der Waals surface area contributed by atoms with Crippen molar-refractivity contribution in [3.63, 3.8) is 0 Å². The van der Waals surface area contributed by atoms with Gasteiger partial charge in [-0.2, -0.15) is 0 Å². The molecule has 30 heavy (non-hydrogen) atoms. The average molecular weight is 462 g/mol. The van der Waals surface area contributed by atoms with Gasteiger partial charge in [0.2, 0.25) is 5.78 Å². The summed E-state index contributed by atoms with van der Waals surface area (Å²) in [6.07, 6.45) is 1.79. The van der Waals surface area contributed by atoms with Gasteiger partial charge < -0.3 is 9.47 Å². The number of allylic oxidation sites excluding steroid dienone is 1. The number of carbonyl (C=O) groups is 1. The molecule has 3 aromatic carbocycles. The number of carbonyl (C=O) groups excluding carboxylic acids is 1. The molecule has 0 aliphatic carbocycles. The third kappa shape index (κ3) is 3.66. The molecular weight excluding hydrogens is 442 g/mol. The molecule has 0 unspecified atom stereocenters. The van der Waals surface area contributed by atoms with Crippen molar-refractivity contribution in [1.29, 1.82) is 0 Å². The monoisotopic (exact) mass is 461 g/mol. The van der Waals surface area contributed by atoms with Gasteiger partial charge in [0.25, 0.3) is 0 Å². The second-order valence-electron chi connectivity index (χ2n) is 7.66. The molecule has 0 amide bonds. The molecule has 5 heteroatoms. The predicted octanol–water partition coefficient (Wildman–Crippen LogP) is 5.73. The molecule has 0 bridgehead atoms. The average Bonchev–Trinajstić information content (AvgIpc) is 3.07. The van der Waals surface area contributed by atoms with Crippen LogP contribution in [0.5, 0.6) is 11.5 Å². The van der Waals surface area contributed by atoms with E-state index in [2.05, 4.69) is 52.0 Å². The highest BCUT2D eigenvalue weighted by Crippen LogP contribution is 2.42. The Morgan fingerprint density at radius 1 is 1.03 bits per heavy atom. The first kappa shape index (κ1) is 19.1. The van der Waals surface area contributed by atoms with Crippen LogP contribution in [0.3, 0.4) is 0 Å². The lowest BCUT2D eigenvalue weighted by Gasteiger charge is -2.29. The highest BCUT2D eigenvalue weighted by Gasteiger charge is 2.33. The summed E-state index contributed by atoms with van der Waals surface area (Å²) in [5, 5.41) is 0. The van der Waals surface area contributed by atoms with E-state index in [-0.39, 0.29) is 5.78 Å². The fourth-order valence-corrected chi connectivity index (χ4v) is 4.03. The second-order valence-corrected chi connectivity index (χ2v) is 8.57. The fraction of sp³-hybridized carbons (Fsp3) is 0.160. The Labute approximate surface area is 183 Å². The Morgan fingerprint density at radius 3 is 2.57 bits per heavy atom. The number of aryl methyl sites for hydroxylation is 1. The van der Waals surface area contributed by atoms with E-state index >= 15 is 0 Å². The molecule has 3 aromatic rings. The minimum Gasteiger partial charge on any atom is -0.478 e. The van der Waals surface area contributed by atoms with Crippen LogP contribution < -0.4 is 9.47 Å². The normalized spacial score (nSPS) is 16.7. The van der Waals surface area contributed by atoms with Gasteiger partial charge in [-0.3, -0.25) is 9.69 Å². The Balaban J connectivity index is 1.41. The van der Waals surface area contributed by atoms with Crippen molar-refractivity contribution < 1.29 is 14.3 Å². The van der Waals surface area contributed by atoms with Crippen molar-refractivity contribution >= 4 is 27.8 Å². The van der Waals surface area contributed by atoms with Crippen molar-refractivity contribution in [1.82, 2.24) is 4.90 Å². The lowest BCUT2D eigenvalue weighted by Crippen LogP contribution is -2.31. The van der Waals surface area contributed by atoms with Gasteiger partial charge in [0.05, 0.1) is 11.1 Å². The van der Waals surface area contributed by atoms with Gasteiger partial charge in [-0.1, -0.05) is 57.9 Å². The molecule has 5 rings (SSSR count).